The normalized spacial score (nSPS) is 28.8. The second-order valence-corrected chi connectivity index (χ2v) is 4.83. The first kappa shape index (κ1) is 9.86. The Morgan fingerprint density at radius 2 is 2.50 bits per heavy atom. The molecule has 3 N–H and O–H groups in total. The van der Waals surface area contributed by atoms with Gasteiger partial charge in [0.1, 0.15) is 0 Å². The highest BCUT2D eigenvalue weighted by Gasteiger charge is 2.36. The van der Waals surface area contributed by atoms with Crippen LogP contribution in [0.25, 0.3) is 0 Å². The van der Waals surface area contributed by atoms with Crippen LogP contribution in [0.15, 0.2) is 0 Å². The van der Waals surface area contributed by atoms with E-state index in [1.807, 2.05) is 6.92 Å². The Kier molecular flexibility index (Phi) is 3.40. The Labute approximate surface area is 77.5 Å². The number of nitrogens with two attached hydrogens (primary N) is 1. The first-order valence-electron chi connectivity index (χ1n) is 4.31. The van der Waals surface area contributed by atoms with Crippen molar-refractivity contribution in [3.05, 3.63) is 0 Å². The number of hydrogen-bond donors (Lipinski definition) is 2. The van der Waals surface area contributed by atoms with Crippen LogP contribution in [0, 0.1) is 0 Å². The Bertz CT molecular complexity index is 166. The SMILES string of the molecule is CC1(C(=O)NCCN)CCCS1. The van der Waals surface area contributed by atoms with Crippen molar-refractivity contribution in [2.45, 2.75) is 24.5 Å². The molecular formula is C8H16N2OS. The van der Waals surface area contributed by atoms with Crippen LogP contribution in [0.2, 0.25) is 0 Å². The fourth-order valence-electron chi connectivity index (χ4n) is 1.33. The van der Waals surface area contributed by atoms with Crippen molar-refractivity contribution in [3.63, 3.8) is 0 Å². The number of nitrogens with one attached hydrogen (secondary N) is 1. The minimum Gasteiger partial charge on any atom is -0.354 e. The Balaban J connectivity index is 2.39. The molecule has 12 heavy (non-hydrogen) atoms. The first-order chi connectivity index (χ1) is 5.69. The third kappa shape index (κ3) is 2.14. The van der Waals surface area contributed by atoms with Crippen LogP contribution >= 0.6 is 11.8 Å². The Hall–Kier alpha value is -0.220. The average Bonchev–Trinajstić information content (AvgIpc) is 2.49. The molecule has 1 rings (SSSR count). The van der Waals surface area contributed by atoms with E-state index in [0.29, 0.717) is 13.1 Å². The smallest absolute Gasteiger partial charge is 0.235 e. The van der Waals surface area contributed by atoms with Crippen LogP contribution in [0.3, 0.4) is 0 Å². The van der Waals surface area contributed by atoms with E-state index in [-0.39, 0.29) is 10.7 Å². The molecule has 0 radical (unpaired) electrons. The van der Waals surface area contributed by atoms with Crippen molar-refractivity contribution in [2.75, 3.05) is 18.8 Å². The Morgan fingerprint density at radius 3 is 3.00 bits per heavy atom. The van der Waals surface area contributed by atoms with Crippen molar-refractivity contribution >= 4 is 17.7 Å². The highest BCUT2D eigenvalue weighted by atomic mass is 32.2. The monoisotopic (exact) mass is 188 g/mol. The molecule has 1 atom stereocenters. The molecule has 1 amide bonds. The van der Waals surface area contributed by atoms with E-state index in [4.69, 9.17) is 5.73 Å². The number of hydrogen-bond acceptors (Lipinski definition) is 3. The Morgan fingerprint density at radius 1 is 1.75 bits per heavy atom. The predicted molar refractivity (Wildman–Crippen MR) is 52.2 cm³/mol. The van der Waals surface area contributed by atoms with Gasteiger partial charge in [0, 0.05) is 13.1 Å². The first-order valence-corrected chi connectivity index (χ1v) is 5.30. The summed E-state index contributed by atoms with van der Waals surface area (Å²) in [5.41, 5.74) is 5.30. The fourth-order valence-corrected chi connectivity index (χ4v) is 2.56. The van der Waals surface area contributed by atoms with Gasteiger partial charge < -0.3 is 11.1 Å². The van der Waals surface area contributed by atoms with Gasteiger partial charge in [-0.2, -0.15) is 0 Å². The molecule has 1 aliphatic heterocycles. The van der Waals surface area contributed by atoms with E-state index in [1.165, 1.54) is 0 Å². The number of thioether (sulfide) groups is 1. The molecule has 1 unspecified atom stereocenters. The van der Waals surface area contributed by atoms with Crippen molar-refractivity contribution < 1.29 is 4.79 Å². The molecule has 0 spiro atoms. The van der Waals surface area contributed by atoms with Gasteiger partial charge in [-0.05, 0) is 25.5 Å². The number of rotatable bonds is 3. The van der Waals surface area contributed by atoms with Gasteiger partial charge in [-0.15, -0.1) is 11.8 Å². The second-order valence-electron chi connectivity index (χ2n) is 3.23. The van der Waals surface area contributed by atoms with Gasteiger partial charge in [-0.25, -0.2) is 0 Å². The maximum Gasteiger partial charge on any atom is 0.235 e. The minimum absolute atomic E-state index is 0.149. The fraction of sp³-hybridized carbons (Fsp3) is 0.875. The van der Waals surface area contributed by atoms with Crippen molar-refractivity contribution in [1.29, 1.82) is 0 Å². The number of carbonyl (C=O) groups is 1. The molecule has 70 valence electrons. The van der Waals surface area contributed by atoms with Crippen LogP contribution < -0.4 is 11.1 Å². The minimum atomic E-state index is -0.185. The molecule has 3 nitrogen and oxygen atoms in total. The van der Waals surface area contributed by atoms with Crippen LogP contribution in [0.5, 0.6) is 0 Å². The number of carbonyl (C=O) groups excluding carboxylic acids is 1. The van der Waals surface area contributed by atoms with Crippen molar-refractivity contribution in [1.82, 2.24) is 5.32 Å². The maximum absolute atomic E-state index is 11.5. The summed E-state index contributed by atoms with van der Waals surface area (Å²) in [7, 11) is 0. The lowest BCUT2D eigenvalue weighted by atomic mass is 10.1. The van der Waals surface area contributed by atoms with Gasteiger partial charge in [0.05, 0.1) is 4.75 Å². The summed E-state index contributed by atoms with van der Waals surface area (Å²) in [4.78, 5) is 11.5. The second kappa shape index (κ2) is 4.14. The van der Waals surface area contributed by atoms with Gasteiger partial charge in [0.2, 0.25) is 5.91 Å². The summed E-state index contributed by atoms with van der Waals surface area (Å²) in [6.07, 6.45) is 2.14. The molecular weight excluding hydrogens is 172 g/mol. The van der Waals surface area contributed by atoms with Crippen LogP contribution in [0.4, 0.5) is 0 Å². The standard InChI is InChI=1S/C8H16N2OS/c1-8(3-2-6-12-8)7(11)10-5-4-9/h2-6,9H2,1H3,(H,10,11). The van der Waals surface area contributed by atoms with Crippen molar-refractivity contribution in [2.24, 2.45) is 5.73 Å². The molecule has 1 fully saturated rings. The zero-order chi connectivity index (χ0) is 9.03. The molecule has 0 aromatic heterocycles. The van der Waals surface area contributed by atoms with Gasteiger partial charge in [-0.1, -0.05) is 0 Å². The molecule has 0 aromatic carbocycles. The largest absolute Gasteiger partial charge is 0.354 e. The summed E-state index contributed by atoms with van der Waals surface area (Å²) in [5, 5.41) is 2.83. The van der Waals surface area contributed by atoms with Gasteiger partial charge in [0.15, 0.2) is 0 Å². The van der Waals surface area contributed by atoms with E-state index < -0.39 is 0 Å². The summed E-state index contributed by atoms with van der Waals surface area (Å²) >= 11 is 1.75. The summed E-state index contributed by atoms with van der Waals surface area (Å²) in [6, 6.07) is 0. The maximum atomic E-state index is 11.5. The summed E-state index contributed by atoms with van der Waals surface area (Å²) in [6.45, 7) is 3.12. The predicted octanol–water partition coefficient (Wildman–Crippen LogP) is 0.347. The average molecular weight is 188 g/mol. The number of amides is 1. The lowest BCUT2D eigenvalue weighted by Gasteiger charge is -2.20. The van der Waals surface area contributed by atoms with Gasteiger partial charge in [-0.3, -0.25) is 4.79 Å². The molecule has 0 aliphatic carbocycles. The van der Waals surface area contributed by atoms with Gasteiger partial charge in [0.25, 0.3) is 0 Å². The zero-order valence-electron chi connectivity index (χ0n) is 7.43. The summed E-state index contributed by atoms with van der Waals surface area (Å²) in [5.74, 6) is 1.25. The molecule has 1 aliphatic rings. The molecule has 0 saturated carbocycles. The van der Waals surface area contributed by atoms with E-state index >= 15 is 0 Å². The van der Waals surface area contributed by atoms with Gasteiger partial charge >= 0.3 is 0 Å². The van der Waals surface area contributed by atoms with Crippen LogP contribution in [-0.2, 0) is 4.79 Å². The van der Waals surface area contributed by atoms with Crippen LogP contribution in [0.1, 0.15) is 19.8 Å². The van der Waals surface area contributed by atoms with E-state index in [2.05, 4.69) is 5.32 Å². The topological polar surface area (TPSA) is 55.1 Å². The third-order valence-corrected chi connectivity index (χ3v) is 3.65. The highest BCUT2D eigenvalue weighted by molar-refractivity contribution is 8.01. The zero-order valence-corrected chi connectivity index (χ0v) is 8.25. The highest BCUT2D eigenvalue weighted by Crippen LogP contribution is 2.37. The van der Waals surface area contributed by atoms with Crippen molar-refractivity contribution in [3.8, 4) is 0 Å². The lowest BCUT2D eigenvalue weighted by molar-refractivity contribution is -0.123. The quantitative estimate of drug-likeness (QED) is 0.672. The van der Waals surface area contributed by atoms with E-state index in [1.54, 1.807) is 11.8 Å². The molecule has 4 heteroatoms. The molecule has 0 bridgehead atoms. The van der Waals surface area contributed by atoms with E-state index in [9.17, 15) is 4.79 Å². The third-order valence-electron chi connectivity index (χ3n) is 2.13. The molecule has 1 saturated heterocycles. The lowest BCUT2D eigenvalue weighted by Crippen LogP contribution is -2.42. The van der Waals surface area contributed by atoms with Crippen LogP contribution in [-0.4, -0.2) is 29.5 Å². The summed E-state index contributed by atoms with van der Waals surface area (Å²) < 4.78 is -0.185. The molecule has 1 heterocycles. The molecule has 0 aromatic rings. The van der Waals surface area contributed by atoms with E-state index in [0.717, 1.165) is 18.6 Å².